The molecular weight excluding hydrogens is 220 g/mol. The quantitative estimate of drug-likeness (QED) is 0.654. The van der Waals surface area contributed by atoms with Gasteiger partial charge in [-0.05, 0) is 17.7 Å². The van der Waals surface area contributed by atoms with Crippen LogP contribution in [0.3, 0.4) is 0 Å². The third-order valence-corrected chi connectivity index (χ3v) is 2.37. The average molecular weight is 236 g/mol. The highest BCUT2D eigenvalue weighted by molar-refractivity contribution is 5.79. The first-order valence-electron chi connectivity index (χ1n) is 5.33. The molecule has 1 amide bonds. The van der Waals surface area contributed by atoms with Crippen LogP contribution in [0.15, 0.2) is 24.3 Å². The second-order valence-corrected chi connectivity index (χ2v) is 3.96. The minimum atomic E-state index is -0.919. The van der Waals surface area contributed by atoms with Crippen molar-refractivity contribution in [1.29, 1.82) is 0 Å². The van der Waals surface area contributed by atoms with Crippen LogP contribution >= 0.6 is 0 Å². The maximum absolute atomic E-state index is 11.5. The lowest BCUT2D eigenvalue weighted by molar-refractivity contribution is -0.141. The molecule has 1 unspecified atom stereocenters. The van der Waals surface area contributed by atoms with Crippen LogP contribution in [0.25, 0.3) is 0 Å². The van der Waals surface area contributed by atoms with Crippen LogP contribution in [0.5, 0.6) is 0 Å². The van der Waals surface area contributed by atoms with E-state index in [4.69, 9.17) is 10.8 Å². The van der Waals surface area contributed by atoms with Crippen LogP contribution < -0.4 is 11.1 Å². The number of nitrogens with two attached hydrogens (primary N) is 1. The smallest absolute Gasteiger partial charge is 0.308 e. The fourth-order valence-electron chi connectivity index (χ4n) is 1.24. The van der Waals surface area contributed by atoms with Gasteiger partial charge in [0, 0.05) is 12.2 Å². The first-order chi connectivity index (χ1) is 7.99. The molecule has 1 rings (SSSR count). The third-order valence-electron chi connectivity index (χ3n) is 2.37. The molecule has 1 aromatic carbocycles. The Morgan fingerprint density at radius 3 is 2.47 bits per heavy atom. The fourth-order valence-corrected chi connectivity index (χ4v) is 1.24. The lowest BCUT2D eigenvalue weighted by atomic mass is 10.1. The van der Waals surface area contributed by atoms with E-state index in [9.17, 15) is 9.59 Å². The second-order valence-electron chi connectivity index (χ2n) is 3.96. The van der Waals surface area contributed by atoms with Crippen molar-refractivity contribution in [3.8, 4) is 0 Å². The third kappa shape index (κ3) is 4.55. The number of amides is 1. The van der Waals surface area contributed by atoms with Crippen molar-refractivity contribution in [1.82, 2.24) is 5.32 Å². The SMILES string of the molecule is CC(CNC(=O)Cc1ccc(N)cc1)C(=O)O. The highest BCUT2D eigenvalue weighted by Gasteiger charge is 2.12. The molecule has 0 radical (unpaired) electrons. The standard InChI is InChI=1S/C12H16N2O3/c1-8(12(16)17)7-14-11(15)6-9-2-4-10(13)5-3-9/h2-5,8H,6-7,13H2,1H3,(H,14,15)(H,16,17). The summed E-state index contributed by atoms with van der Waals surface area (Å²) in [6.45, 7) is 1.69. The minimum absolute atomic E-state index is 0.142. The van der Waals surface area contributed by atoms with Crippen LogP contribution in [0, 0.1) is 5.92 Å². The Bertz CT molecular complexity index is 401. The number of nitrogen functional groups attached to an aromatic ring is 1. The average Bonchev–Trinajstić information content (AvgIpc) is 2.29. The largest absolute Gasteiger partial charge is 0.481 e. The van der Waals surface area contributed by atoms with Gasteiger partial charge in [-0.15, -0.1) is 0 Å². The number of nitrogens with one attached hydrogen (secondary N) is 1. The summed E-state index contributed by atoms with van der Waals surface area (Å²) in [5.41, 5.74) is 7.02. The van der Waals surface area contributed by atoms with Crippen molar-refractivity contribution >= 4 is 17.6 Å². The van der Waals surface area contributed by atoms with Gasteiger partial charge in [0.05, 0.1) is 12.3 Å². The van der Waals surface area contributed by atoms with E-state index in [0.717, 1.165) is 5.56 Å². The lowest BCUT2D eigenvalue weighted by Gasteiger charge is -2.08. The van der Waals surface area contributed by atoms with Gasteiger partial charge in [0.15, 0.2) is 0 Å². The number of carbonyl (C=O) groups excluding carboxylic acids is 1. The molecule has 0 saturated carbocycles. The van der Waals surface area contributed by atoms with E-state index in [1.54, 1.807) is 31.2 Å². The molecule has 0 aliphatic rings. The highest BCUT2D eigenvalue weighted by Crippen LogP contribution is 2.06. The highest BCUT2D eigenvalue weighted by atomic mass is 16.4. The van der Waals surface area contributed by atoms with E-state index in [1.165, 1.54) is 0 Å². The summed E-state index contributed by atoms with van der Waals surface area (Å²) in [6.07, 6.45) is 0.229. The number of carboxylic acid groups (broad SMARTS) is 1. The molecule has 0 aliphatic heterocycles. The molecule has 4 N–H and O–H groups in total. The normalized spacial score (nSPS) is 11.8. The van der Waals surface area contributed by atoms with E-state index < -0.39 is 11.9 Å². The first kappa shape index (κ1) is 13.0. The summed E-state index contributed by atoms with van der Waals surface area (Å²) < 4.78 is 0. The lowest BCUT2D eigenvalue weighted by Crippen LogP contribution is -2.32. The first-order valence-corrected chi connectivity index (χ1v) is 5.33. The van der Waals surface area contributed by atoms with Crippen molar-refractivity contribution in [2.75, 3.05) is 12.3 Å². The summed E-state index contributed by atoms with van der Waals surface area (Å²) in [4.78, 5) is 22.0. The van der Waals surface area contributed by atoms with Crippen molar-refractivity contribution in [2.24, 2.45) is 5.92 Å². The molecule has 0 fully saturated rings. The summed E-state index contributed by atoms with van der Waals surface area (Å²) in [5.74, 6) is -1.69. The number of carboxylic acids is 1. The predicted molar refractivity (Wildman–Crippen MR) is 64.4 cm³/mol. The zero-order chi connectivity index (χ0) is 12.8. The van der Waals surface area contributed by atoms with Crippen LogP contribution in [-0.4, -0.2) is 23.5 Å². The van der Waals surface area contributed by atoms with E-state index in [1.807, 2.05) is 0 Å². The fraction of sp³-hybridized carbons (Fsp3) is 0.333. The van der Waals surface area contributed by atoms with Crippen molar-refractivity contribution in [3.63, 3.8) is 0 Å². The Morgan fingerprint density at radius 1 is 1.35 bits per heavy atom. The van der Waals surface area contributed by atoms with E-state index >= 15 is 0 Å². The molecule has 92 valence electrons. The van der Waals surface area contributed by atoms with Crippen LogP contribution in [0.4, 0.5) is 5.69 Å². The topological polar surface area (TPSA) is 92.4 Å². The molecule has 0 heterocycles. The summed E-state index contributed by atoms with van der Waals surface area (Å²) >= 11 is 0. The molecule has 0 spiro atoms. The number of hydrogen-bond acceptors (Lipinski definition) is 3. The monoisotopic (exact) mass is 236 g/mol. The molecule has 17 heavy (non-hydrogen) atoms. The van der Waals surface area contributed by atoms with E-state index in [0.29, 0.717) is 5.69 Å². The zero-order valence-electron chi connectivity index (χ0n) is 9.64. The van der Waals surface area contributed by atoms with Crippen molar-refractivity contribution in [2.45, 2.75) is 13.3 Å². The Morgan fingerprint density at radius 2 is 1.94 bits per heavy atom. The summed E-state index contributed by atoms with van der Waals surface area (Å²) in [7, 11) is 0. The number of aliphatic carboxylic acids is 1. The van der Waals surface area contributed by atoms with Gasteiger partial charge in [0.2, 0.25) is 5.91 Å². The molecule has 0 aliphatic carbocycles. The predicted octanol–water partition coefficient (Wildman–Crippen LogP) is 0.648. The molecule has 5 nitrogen and oxygen atoms in total. The van der Waals surface area contributed by atoms with Crippen molar-refractivity contribution < 1.29 is 14.7 Å². The van der Waals surface area contributed by atoms with E-state index in [2.05, 4.69) is 5.32 Å². The molecule has 1 aromatic rings. The summed E-state index contributed by atoms with van der Waals surface area (Å²) in [5, 5.41) is 11.2. The zero-order valence-corrected chi connectivity index (χ0v) is 9.64. The number of hydrogen-bond donors (Lipinski definition) is 3. The van der Waals surface area contributed by atoms with Gasteiger partial charge in [-0.3, -0.25) is 9.59 Å². The van der Waals surface area contributed by atoms with Gasteiger partial charge in [-0.2, -0.15) is 0 Å². The molecule has 0 saturated heterocycles. The van der Waals surface area contributed by atoms with Gasteiger partial charge in [0.1, 0.15) is 0 Å². The van der Waals surface area contributed by atoms with Gasteiger partial charge in [-0.1, -0.05) is 19.1 Å². The number of benzene rings is 1. The Hall–Kier alpha value is -2.04. The maximum atomic E-state index is 11.5. The Kier molecular flexibility index (Phi) is 4.51. The molecule has 5 heteroatoms. The number of carbonyl (C=O) groups is 2. The van der Waals surface area contributed by atoms with Crippen molar-refractivity contribution in [3.05, 3.63) is 29.8 Å². The summed E-state index contributed by atoms with van der Waals surface area (Å²) in [6, 6.07) is 7.00. The minimum Gasteiger partial charge on any atom is -0.481 e. The number of anilines is 1. The van der Waals surface area contributed by atoms with Gasteiger partial charge >= 0.3 is 5.97 Å². The molecule has 0 aromatic heterocycles. The molecule has 0 bridgehead atoms. The second kappa shape index (κ2) is 5.89. The Balaban J connectivity index is 2.39. The molecular formula is C12H16N2O3. The number of rotatable bonds is 5. The van der Waals surface area contributed by atoms with Gasteiger partial charge in [-0.25, -0.2) is 0 Å². The Labute approximate surface area is 99.6 Å². The van der Waals surface area contributed by atoms with Crippen LogP contribution in [-0.2, 0) is 16.0 Å². The van der Waals surface area contributed by atoms with Crippen LogP contribution in [0.1, 0.15) is 12.5 Å². The maximum Gasteiger partial charge on any atom is 0.308 e. The van der Waals surface area contributed by atoms with E-state index in [-0.39, 0.29) is 18.9 Å². The van der Waals surface area contributed by atoms with Gasteiger partial charge in [0.25, 0.3) is 0 Å². The van der Waals surface area contributed by atoms with Gasteiger partial charge < -0.3 is 16.2 Å². The molecule has 1 atom stereocenters. The van der Waals surface area contributed by atoms with Crippen LogP contribution in [0.2, 0.25) is 0 Å².